The molecular formula is C21H22N4O. The van der Waals surface area contributed by atoms with Crippen LogP contribution in [-0.2, 0) is 13.0 Å². The highest BCUT2D eigenvalue weighted by Gasteiger charge is 2.11. The van der Waals surface area contributed by atoms with E-state index in [-0.39, 0.29) is 5.91 Å². The third kappa shape index (κ3) is 4.25. The topological polar surface area (TPSA) is 66.9 Å². The predicted molar refractivity (Wildman–Crippen MR) is 104 cm³/mol. The van der Waals surface area contributed by atoms with Crippen LogP contribution in [0.3, 0.4) is 0 Å². The lowest BCUT2D eigenvalue weighted by Crippen LogP contribution is -2.15. The zero-order chi connectivity index (χ0) is 18.4. The number of rotatable bonds is 6. The molecule has 0 fully saturated rings. The van der Waals surface area contributed by atoms with Crippen molar-refractivity contribution in [2.45, 2.75) is 26.8 Å². The van der Waals surface area contributed by atoms with Crippen LogP contribution in [0.2, 0.25) is 0 Å². The first kappa shape index (κ1) is 17.6. The molecule has 1 aromatic heterocycles. The second-order valence-electron chi connectivity index (χ2n) is 6.05. The number of aryl methyl sites for hydroxylation is 2. The van der Waals surface area contributed by atoms with Gasteiger partial charge in [-0.2, -0.15) is 0 Å². The molecule has 0 radical (unpaired) electrons. The van der Waals surface area contributed by atoms with Gasteiger partial charge in [0.25, 0.3) is 5.91 Å². The number of hydrogen-bond acceptors (Lipinski definition) is 4. The van der Waals surface area contributed by atoms with E-state index in [4.69, 9.17) is 0 Å². The third-order valence-corrected chi connectivity index (χ3v) is 4.19. The maximum absolute atomic E-state index is 12.5. The molecule has 3 aromatic rings. The fourth-order valence-electron chi connectivity index (χ4n) is 2.70. The van der Waals surface area contributed by atoms with Gasteiger partial charge in [0.1, 0.15) is 0 Å². The number of nitrogens with one attached hydrogen (secondary N) is 2. The minimum Gasteiger partial charge on any atom is -0.350 e. The summed E-state index contributed by atoms with van der Waals surface area (Å²) in [6.07, 6.45) is 3.94. The molecule has 0 aliphatic heterocycles. The molecule has 2 aromatic carbocycles. The minimum absolute atomic E-state index is 0.205. The molecule has 26 heavy (non-hydrogen) atoms. The van der Waals surface area contributed by atoms with Crippen molar-refractivity contribution in [3.05, 3.63) is 83.2 Å². The van der Waals surface area contributed by atoms with E-state index in [9.17, 15) is 4.79 Å². The molecule has 5 nitrogen and oxygen atoms in total. The molecule has 3 rings (SSSR count). The van der Waals surface area contributed by atoms with Crippen molar-refractivity contribution in [1.82, 2.24) is 9.97 Å². The van der Waals surface area contributed by atoms with E-state index in [0.717, 1.165) is 28.8 Å². The summed E-state index contributed by atoms with van der Waals surface area (Å²) in [6, 6.07) is 16.0. The molecule has 0 saturated heterocycles. The molecule has 0 spiro atoms. The van der Waals surface area contributed by atoms with Crippen molar-refractivity contribution in [3.8, 4) is 0 Å². The van der Waals surface area contributed by atoms with E-state index >= 15 is 0 Å². The number of nitrogens with zero attached hydrogens (tertiary/aromatic N) is 2. The summed E-state index contributed by atoms with van der Waals surface area (Å²) in [5.74, 6) is 0.291. The molecule has 132 valence electrons. The highest BCUT2D eigenvalue weighted by molar-refractivity contribution is 6.04. The lowest BCUT2D eigenvalue weighted by molar-refractivity contribution is 0.102. The molecule has 0 bridgehead atoms. The highest BCUT2D eigenvalue weighted by atomic mass is 16.1. The quantitative estimate of drug-likeness (QED) is 0.701. The van der Waals surface area contributed by atoms with Gasteiger partial charge in [-0.3, -0.25) is 4.79 Å². The van der Waals surface area contributed by atoms with Crippen molar-refractivity contribution in [3.63, 3.8) is 0 Å². The summed E-state index contributed by atoms with van der Waals surface area (Å²) >= 11 is 0. The van der Waals surface area contributed by atoms with Crippen LogP contribution >= 0.6 is 0 Å². The molecule has 0 saturated carbocycles. The second kappa shape index (κ2) is 8.25. The first-order valence-electron chi connectivity index (χ1n) is 8.67. The fraction of sp³-hybridized carbons (Fsp3) is 0.190. The monoisotopic (exact) mass is 346 g/mol. The lowest BCUT2D eigenvalue weighted by atomic mass is 10.1. The van der Waals surface area contributed by atoms with Crippen LogP contribution in [0.1, 0.15) is 34.0 Å². The van der Waals surface area contributed by atoms with Crippen molar-refractivity contribution in [1.29, 1.82) is 0 Å². The second-order valence-corrected chi connectivity index (χ2v) is 6.05. The van der Waals surface area contributed by atoms with Crippen LogP contribution in [0.15, 0.2) is 60.9 Å². The summed E-state index contributed by atoms with van der Waals surface area (Å²) in [5.41, 5.74) is 4.59. The van der Waals surface area contributed by atoms with Crippen molar-refractivity contribution in [2.24, 2.45) is 0 Å². The van der Waals surface area contributed by atoms with Crippen molar-refractivity contribution >= 4 is 17.5 Å². The largest absolute Gasteiger partial charge is 0.350 e. The number of anilines is 2. The van der Waals surface area contributed by atoms with Gasteiger partial charge in [0.2, 0.25) is 5.95 Å². The van der Waals surface area contributed by atoms with Crippen LogP contribution in [0.5, 0.6) is 0 Å². The Labute approximate surface area is 153 Å². The number of para-hydroxylation sites is 1. The summed E-state index contributed by atoms with van der Waals surface area (Å²) in [6.45, 7) is 4.69. The van der Waals surface area contributed by atoms with Crippen LogP contribution in [0.25, 0.3) is 0 Å². The lowest BCUT2D eigenvalue weighted by Gasteiger charge is -2.13. The molecule has 0 aliphatic rings. The molecular weight excluding hydrogens is 324 g/mol. The van der Waals surface area contributed by atoms with E-state index in [2.05, 4.69) is 27.5 Å². The highest BCUT2D eigenvalue weighted by Crippen LogP contribution is 2.21. The third-order valence-electron chi connectivity index (χ3n) is 4.19. The number of benzene rings is 2. The number of carbonyl (C=O) groups excluding carboxylic acids is 1. The van der Waals surface area contributed by atoms with Crippen molar-refractivity contribution in [2.75, 3.05) is 10.6 Å². The fourth-order valence-corrected chi connectivity index (χ4v) is 2.70. The van der Waals surface area contributed by atoms with Gasteiger partial charge in [0.05, 0.1) is 5.56 Å². The predicted octanol–water partition coefficient (Wildman–Crippen LogP) is 4.21. The minimum atomic E-state index is -0.205. The Bertz CT molecular complexity index is 876. The van der Waals surface area contributed by atoms with Gasteiger partial charge < -0.3 is 10.6 Å². The van der Waals surface area contributed by atoms with E-state index in [1.54, 1.807) is 12.4 Å². The van der Waals surface area contributed by atoms with Crippen LogP contribution in [0, 0.1) is 6.92 Å². The number of carbonyl (C=O) groups is 1. The summed E-state index contributed by atoms with van der Waals surface area (Å²) < 4.78 is 0. The van der Waals surface area contributed by atoms with Gasteiger partial charge in [0.15, 0.2) is 0 Å². The average Bonchev–Trinajstić information content (AvgIpc) is 2.69. The zero-order valence-electron chi connectivity index (χ0n) is 15.0. The molecule has 0 aliphatic carbocycles. The van der Waals surface area contributed by atoms with E-state index in [1.807, 2.05) is 55.5 Å². The SMILES string of the molecule is CCc1cccc(C)c1NC(=O)c1cnc(NCc2ccccc2)nc1. The Morgan fingerprint density at radius 2 is 1.73 bits per heavy atom. The number of amides is 1. The van der Waals surface area contributed by atoms with Crippen LogP contribution in [-0.4, -0.2) is 15.9 Å². The van der Waals surface area contributed by atoms with Gasteiger partial charge in [-0.25, -0.2) is 9.97 Å². The molecule has 1 heterocycles. The average molecular weight is 346 g/mol. The Morgan fingerprint density at radius 1 is 1.00 bits per heavy atom. The standard InChI is InChI=1S/C21H22N4O/c1-3-17-11-7-8-15(2)19(17)25-20(26)18-13-23-21(24-14-18)22-12-16-9-5-4-6-10-16/h4-11,13-14H,3,12H2,1-2H3,(H,25,26)(H,22,23,24). The van der Waals surface area contributed by atoms with Gasteiger partial charge in [-0.1, -0.05) is 55.5 Å². The smallest absolute Gasteiger partial charge is 0.258 e. The summed E-state index contributed by atoms with van der Waals surface area (Å²) in [4.78, 5) is 21.0. The molecule has 0 atom stereocenters. The normalized spacial score (nSPS) is 10.4. The van der Waals surface area contributed by atoms with Gasteiger partial charge in [-0.15, -0.1) is 0 Å². The molecule has 0 unspecified atom stereocenters. The van der Waals surface area contributed by atoms with Crippen LogP contribution < -0.4 is 10.6 Å². The Balaban J connectivity index is 1.66. The summed E-state index contributed by atoms with van der Waals surface area (Å²) in [5, 5.41) is 6.13. The Hall–Kier alpha value is -3.21. The Morgan fingerprint density at radius 3 is 2.42 bits per heavy atom. The number of hydrogen-bond donors (Lipinski definition) is 2. The maximum atomic E-state index is 12.5. The van der Waals surface area contributed by atoms with Crippen molar-refractivity contribution < 1.29 is 4.79 Å². The van der Waals surface area contributed by atoms with E-state index < -0.39 is 0 Å². The summed E-state index contributed by atoms with van der Waals surface area (Å²) in [7, 11) is 0. The zero-order valence-corrected chi connectivity index (χ0v) is 15.0. The van der Waals surface area contributed by atoms with Gasteiger partial charge in [-0.05, 0) is 30.0 Å². The van der Waals surface area contributed by atoms with Crippen LogP contribution in [0.4, 0.5) is 11.6 Å². The van der Waals surface area contributed by atoms with E-state index in [0.29, 0.717) is 18.1 Å². The molecule has 1 amide bonds. The van der Waals surface area contributed by atoms with Gasteiger partial charge in [0, 0.05) is 24.6 Å². The van der Waals surface area contributed by atoms with Gasteiger partial charge >= 0.3 is 0 Å². The number of aromatic nitrogens is 2. The molecule has 5 heteroatoms. The Kier molecular flexibility index (Phi) is 5.59. The maximum Gasteiger partial charge on any atom is 0.258 e. The van der Waals surface area contributed by atoms with E-state index in [1.165, 1.54) is 0 Å². The first-order chi connectivity index (χ1) is 12.7. The first-order valence-corrected chi connectivity index (χ1v) is 8.67. The molecule has 2 N–H and O–H groups in total.